The van der Waals surface area contributed by atoms with Crippen LogP contribution in [0.25, 0.3) is 0 Å². The zero-order chi connectivity index (χ0) is 9.97. The van der Waals surface area contributed by atoms with Crippen LogP contribution in [0.5, 0.6) is 0 Å². The fourth-order valence-corrected chi connectivity index (χ4v) is 1.55. The Morgan fingerprint density at radius 1 is 1.29 bits per heavy atom. The molecular formula is C12H14O2. The Labute approximate surface area is 83.6 Å². The normalized spacial score (nSPS) is 15.5. The molecule has 0 atom stereocenters. The van der Waals surface area contributed by atoms with Gasteiger partial charge in [0.15, 0.2) is 5.78 Å². The number of rotatable bonds is 4. The van der Waals surface area contributed by atoms with Gasteiger partial charge in [0.25, 0.3) is 0 Å². The van der Waals surface area contributed by atoms with Crippen LogP contribution in [0.15, 0.2) is 24.3 Å². The molecule has 1 N–H and O–H groups in total. The van der Waals surface area contributed by atoms with Gasteiger partial charge in [-0.3, -0.25) is 4.79 Å². The summed E-state index contributed by atoms with van der Waals surface area (Å²) in [5.41, 5.74) is 1.90. The van der Waals surface area contributed by atoms with Crippen LogP contribution in [0.2, 0.25) is 0 Å². The second-order valence-electron chi connectivity index (χ2n) is 3.81. The van der Waals surface area contributed by atoms with E-state index in [-0.39, 0.29) is 12.4 Å². The highest BCUT2D eigenvalue weighted by Gasteiger charge is 2.30. The first-order valence-corrected chi connectivity index (χ1v) is 5.05. The molecule has 1 aliphatic rings. The lowest BCUT2D eigenvalue weighted by atomic mass is 10.0. The lowest BCUT2D eigenvalue weighted by molar-refractivity contribution is 0.0967. The van der Waals surface area contributed by atoms with Crippen molar-refractivity contribution in [3.63, 3.8) is 0 Å². The summed E-state index contributed by atoms with van der Waals surface area (Å²) in [6.07, 6.45) is 2.77. The summed E-state index contributed by atoms with van der Waals surface area (Å²) in [5.74, 6) is 0.569. The molecule has 2 rings (SSSR count). The molecule has 1 saturated carbocycles. The molecule has 2 nitrogen and oxygen atoms in total. The van der Waals surface area contributed by atoms with Crippen LogP contribution in [0.4, 0.5) is 0 Å². The Morgan fingerprint density at radius 2 is 1.93 bits per heavy atom. The molecule has 1 aromatic carbocycles. The number of carbonyl (C=O) groups is 1. The maximum atomic E-state index is 11.6. The lowest BCUT2D eigenvalue weighted by Gasteiger charge is -2.01. The Hall–Kier alpha value is -1.15. The summed E-state index contributed by atoms with van der Waals surface area (Å²) in [6.45, 7) is 0.163. The Balaban J connectivity index is 2.08. The highest BCUT2D eigenvalue weighted by Crippen LogP contribution is 2.32. The Kier molecular flexibility index (Phi) is 2.64. The molecule has 1 aromatic rings. The van der Waals surface area contributed by atoms with Gasteiger partial charge in [-0.25, -0.2) is 0 Å². The summed E-state index contributed by atoms with van der Waals surface area (Å²) in [7, 11) is 0. The smallest absolute Gasteiger partial charge is 0.165 e. The number of ketones is 1. The number of hydrogen-bond acceptors (Lipinski definition) is 2. The molecular weight excluding hydrogens is 176 g/mol. The number of carbonyl (C=O) groups excluding carboxylic acids is 1. The Morgan fingerprint density at radius 3 is 2.43 bits per heavy atom. The zero-order valence-electron chi connectivity index (χ0n) is 8.07. The van der Waals surface area contributed by atoms with Crippen LogP contribution in [-0.4, -0.2) is 17.5 Å². The minimum atomic E-state index is 0.163. The van der Waals surface area contributed by atoms with E-state index < -0.39 is 0 Å². The standard InChI is InChI=1S/C12H14O2/c13-8-7-9-1-3-10(4-2-9)12(14)11-5-6-11/h1-4,11,13H,5-8H2. The van der Waals surface area contributed by atoms with Gasteiger partial charge in [0.1, 0.15) is 0 Å². The van der Waals surface area contributed by atoms with Crippen LogP contribution in [0, 0.1) is 5.92 Å². The van der Waals surface area contributed by atoms with Gasteiger partial charge in [-0.1, -0.05) is 24.3 Å². The van der Waals surface area contributed by atoms with Crippen molar-refractivity contribution in [2.45, 2.75) is 19.3 Å². The molecule has 0 unspecified atom stereocenters. The van der Waals surface area contributed by atoms with Crippen molar-refractivity contribution < 1.29 is 9.90 Å². The van der Waals surface area contributed by atoms with Crippen molar-refractivity contribution in [1.29, 1.82) is 0 Å². The lowest BCUT2D eigenvalue weighted by Crippen LogP contribution is -2.01. The maximum absolute atomic E-state index is 11.6. The van der Waals surface area contributed by atoms with Gasteiger partial charge < -0.3 is 5.11 Å². The SMILES string of the molecule is O=C(c1ccc(CCO)cc1)C1CC1. The first-order valence-electron chi connectivity index (χ1n) is 5.05. The molecule has 1 fully saturated rings. The highest BCUT2D eigenvalue weighted by molar-refractivity contribution is 5.99. The average molecular weight is 190 g/mol. The second kappa shape index (κ2) is 3.93. The molecule has 0 bridgehead atoms. The van der Waals surface area contributed by atoms with Crippen molar-refractivity contribution in [1.82, 2.24) is 0 Å². The third-order valence-corrected chi connectivity index (χ3v) is 2.59. The summed E-state index contributed by atoms with van der Waals surface area (Å²) in [6, 6.07) is 7.58. The van der Waals surface area contributed by atoms with Crippen molar-refractivity contribution in [2.24, 2.45) is 5.92 Å². The van der Waals surface area contributed by atoms with Crippen LogP contribution in [0.1, 0.15) is 28.8 Å². The number of aliphatic hydroxyl groups excluding tert-OH is 1. The molecule has 74 valence electrons. The number of aliphatic hydroxyl groups is 1. The van der Waals surface area contributed by atoms with E-state index >= 15 is 0 Å². The van der Waals surface area contributed by atoms with Gasteiger partial charge in [-0.15, -0.1) is 0 Å². The van der Waals surface area contributed by atoms with E-state index in [0.29, 0.717) is 12.3 Å². The van der Waals surface area contributed by atoms with E-state index in [1.165, 1.54) is 0 Å². The predicted molar refractivity (Wildman–Crippen MR) is 54.3 cm³/mol. The second-order valence-corrected chi connectivity index (χ2v) is 3.81. The van der Waals surface area contributed by atoms with Crippen LogP contribution < -0.4 is 0 Å². The van der Waals surface area contributed by atoms with E-state index in [4.69, 9.17) is 5.11 Å². The minimum absolute atomic E-state index is 0.163. The molecule has 0 radical (unpaired) electrons. The first kappa shape index (κ1) is 9.41. The van der Waals surface area contributed by atoms with E-state index in [1.807, 2.05) is 24.3 Å². The largest absolute Gasteiger partial charge is 0.396 e. The molecule has 1 aliphatic carbocycles. The highest BCUT2D eigenvalue weighted by atomic mass is 16.2. The van der Waals surface area contributed by atoms with Crippen LogP contribution in [-0.2, 0) is 6.42 Å². The van der Waals surface area contributed by atoms with Crippen molar-refractivity contribution in [2.75, 3.05) is 6.61 Å². The molecule has 2 heteroatoms. The molecule has 0 amide bonds. The molecule has 0 saturated heterocycles. The van der Waals surface area contributed by atoms with E-state index in [0.717, 1.165) is 24.0 Å². The van der Waals surface area contributed by atoms with Crippen LogP contribution in [0.3, 0.4) is 0 Å². The first-order chi connectivity index (χ1) is 6.81. The fraction of sp³-hybridized carbons (Fsp3) is 0.417. The van der Waals surface area contributed by atoms with Gasteiger partial charge in [0.05, 0.1) is 0 Å². The van der Waals surface area contributed by atoms with Crippen molar-refractivity contribution in [3.8, 4) is 0 Å². The fourth-order valence-electron chi connectivity index (χ4n) is 1.55. The number of benzene rings is 1. The monoisotopic (exact) mass is 190 g/mol. The summed E-state index contributed by atoms with van der Waals surface area (Å²) >= 11 is 0. The van der Waals surface area contributed by atoms with E-state index in [9.17, 15) is 4.79 Å². The topological polar surface area (TPSA) is 37.3 Å². The van der Waals surface area contributed by atoms with Gasteiger partial charge in [-0.2, -0.15) is 0 Å². The predicted octanol–water partition coefficient (Wildman–Crippen LogP) is 1.81. The number of hydrogen-bond donors (Lipinski definition) is 1. The zero-order valence-corrected chi connectivity index (χ0v) is 8.07. The van der Waals surface area contributed by atoms with Gasteiger partial charge in [-0.05, 0) is 24.8 Å². The van der Waals surface area contributed by atoms with E-state index in [1.54, 1.807) is 0 Å². The summed E-state index contributed by atoms with van der Waals surface area (Å²) < 4.78 is 0. The summed E-state index contributed by atoms with van der Waals surface area (Å²) in [5, 5.41) is 8.73. The number of Topliss-reactive ketones (excluding diaryl/α,β-unsaturated/α-hetero) is 1. The third-order valence-electron chi connectivity index (χ3n) is 2.59. The maximum Gasteiger partial charge on any atom is 0.165 e. The molecule has 0 aliphatic heterocycles. The van der Waals surface area contributed by atoms with Crippen molar-refractivity contribution >= 4 is 5.78 Å². The third kappa shape index (κ3) is 2.02. The van der Waals surface area contributed by atoms with Gasteiger partial charge in [0, 0.05) is 18.1 Å². The van der Waals surface area contributed by atoms with Crippen molar-refractivity contribution in [3.05, 3.63) is 35.4 Å². The molecule has 0 spiro atoms. The average Bonchev–Trinajstić information content (AvgIpc) is 3.02. The minimum Gasteiger partial charge on any atom is -0.396 e. The molecule has 0 heterocycles. The van der Waals surface area contributed by atoms with Gasteiger partial charge in [0.2, 0.25) is 0 Å². The molecule has 14 heavy (non-hydrogen) atoms. The van der Waals surface area contributed by atoms with Crippen LogP contribution >= 0.6 is 0 Å². The van der Waals surface area contributed by atoms with E-state index in [2.05, 4.69) is 0 Å². The van der Waals surface area contributed by atoms with Gasteiger partial charge >= 0.3 is 0 Å². The quantitative estimate of drug-likeness (QED) is 0.735. The molecule has 0 aromatic heterocycles. The summed E-state index contributed by atoms with van der Waals surface area (Å²) in [4.78, 5) is 11.6. The Bertz CT molecular complexity index is 323.